The first kappa shape index (κ1) is 16.3. The van der Waals surface area contributed by atoms with Gasteiger partial charge in [0.15, 0.2) is 16.5 Å². The molecule has 7 nitrogen and oxygen atoms in total. The first-order valence-electron chi connectivity index (χ1n) is 7.17. The number of H-pyrrole nitrogens is 1. The second-order valence-corrected chi connectivity index (χ2v) is 6.14. The van der Waals surface area contributed by atoms with Gasteiger partial charge in [0.2, 0.25) is 11.8 Å². The number of furan rings is 1. The average Bonchev–Trinajstić information content (AvgIpc) is 3.32. The molecule has 4 rings (SSSR count). The number of para-hydroxylation sites is 1. The molecular weight excluding hydrogens is 371 g/mol. The number of aromatic amines is 1. The SMILES string of the molecule is O=C(Nc1n[nH]c(C(F)(F)F)n1)c1ccc(-c2nc3ccccc3s2)o1. The predicted molar refractivity (Wildman–Crippen MR) is 86.7 cm³/mol. The Morgan fingerprint density at radius 3 is 2.69 bits per heavy atom. The van der Waals surface area contributed by atoms with Gasteiger partial charge in [0.25, 0.3) is 5.91 Å². The average molecular weight is 379 g/mol. The number of carbonyl (C=O) groups excluding carboxylic acids is 1. The predicted octanol–water partition coefficient (Wildman–Crippen LogP) is 3.95. The molecule has 1 amide bonds. The number of aromatic nitrogens is 4. The third kappa shape index (κ3) is 3.04. The van der Waals surface area contributed by atoms with E-state index in [0.717, 1.165) is 10.2 Å². The molecule has 0 spiro atoms. The molecule has 11 heteroatoms. The number of rotatable bonds is 3. The number of amides is 1. The zero-order valence-corrected chi connectivity index (χ0v) is 13.5. The first-order valence-corrected chi connectivity index (χ1v) is 7.98. The Labute approximate surface area is 146 Å². The maximum absolute atomic E-state index is 12.5. The molecule has 1 aromatic carbocycles. The van der Waals surface area contributed by atoms with Crippen molar-refractivity contribution < 1.29 is 22.4 Å². The van der Waals surface area contributed by atoms with Crippen LogP contribution < -0.4 is 5.32 Å². The largest absolute Gasteiger partial charge is 0.451 e. The number of fused-ring (bicyclic) bond motifs is 1. The van der Waals surface area contributed by atoms with Gasteiger partial charge in [0.1, 0.15) is 0 Å². The summed E-state index contributed by atoms with van der Waals surface area (Å²) < 4.78 is 43.8. The van der Waals surface area contributed by atoms with Gasteiger partial charge >= 0.3 is 6.18 Å². The number of carbonyl (C=O) groups is 1. The van der Waals surface area contributed by atoms with Crippen LogP contribution in [0.5, 0.6) is 0 Å². The highest BCUT2D eigenvalue weighted by Gasteiger charge is 2.35. The Morgan fingerprint density at radius 1 is 1.15 bits per heavy atom. The molecule has 0 saturated heterocycles. The van der Waals surface area contributed by atoms with Crippen molar-refractivity contribution >= 4 is 33.4 Å². The van der Waals surface area contributed by atoms with Gasteiger partial charge in [-0.2, -0.15) is 18.2 Å². The third-order valence-corrected chi connectivity index (χ3v) is 4.36. The molecule has 3 heterocycles. The highest BCUT2D eigenvalue weighted by Crippen LogP contribution is 2.31. The Balaban J connectivity index is 1.53. The van der Waals surface area contributed by atoms with E-state index in [1.807, 2.05) is 24.3 Å². The second-order valence-electron chi connectivity index (χ2n) is 5.11. The van der Waals surface area contributed by atoms with Crippen molar-refractivity contribution in [3.63, 3.8) is 0 Å². The third-order valence-electron chi connectivity index (χ3n) is 3.31. The van der Waals surface area contributed by atoms with E-state index >= 15 is 0 Å². The lowest BCUT2D eigenvalue weighted by Crippen LogP contribution is -2.12. The molecule has 3 aromatic heterocycles. The summed E-state index contributed by atoms with van der Waals surface area (Å²) in [5.41, 5.74) is 0.801. The van der Waals surface area contributed by atoms with Crippen LogP contribution in [0.3, 0.4) is 0 Å². The maximum Gasteiger partial charge on any atom is 0.451 e. The molecule has 2 N–H and O–H groups in total. The van der Waals surface area contributed by atoms with E-state index in [4.69, 9.17) is 4.42 Å². The second kappa shape index (κ2) is 5.95. The van der Waals surface area contributed by atoms with Crippen molar-refractivity contribution in [1.82, 2.24) is 20.2 Å². The van der Waals surface area contributed by atoms with Gasteiger partial charge in [-0.15, -0.1) is 16.4 Å². The van der Waals surface area contributed by atoms with Crippen molar-refractivity contribution in [1.29, 1.82) is 0 Å². The van der Waals surface area contributed by atoms with E-state index in [2.05, 4.69) is 20.4 Å². The topological polar surface area (TPSA) is 96.7 Å². The van der Waals surface area contributed by atoms with Crippen molar-refractivity contribution in [2.45, 2.75) is 6.18 Å². The quantitative estimate of drug-likeness (QED) is 0.562. The van der Waals surface area contributed by atoms with Crippen LogP contribution in [0.2, 0.25) is 0 Å². The number of anilines is 1. The molecule has 0 saturated carbocycles. The van der Waals surface area contributed by atoms with Crippen LogP contribution in [0, 0.1) is 0 Å². The van der Waals surface area contributed by atoms with E-state index in [1.54, 1.807) is 11.2 Å². The summed E-state index contributed by atoms with van der Waals surface area (Å²) in [6.07, 6.45) is -4.68. The van der Waals surface area contributed by atoms with E-state index in [1.165, 1.54) is 17.4 Å². The molecule has 0 aliphatic rings. The molecule has 26 heavy (non-hydrogen) atoms. The van der Waals surface area contributed by atoms with Gasteiger partial charge in [-0.05, 0) is 24.3 Å². The fourth-order valence-corrected chi connectivity index (χ4v) is 3.09. The van der Waals surface area contributed by atoms with Crippen LogP contribution in [0.25, 0.3) is 21.0 Å². The van der Waals surface area contributed by atoms with E-state index < -0.39 is 23.9 Å². The van der Waals surface area contributed by atoms with Gasteiger partial charge in [0.05, 0.1) is 10.2 Å². The summed E-state index contributed by atoms with van der Waals surface area (Å²) in [4.78, 5) is 19.7. The zero-order chi connectivity index (χ0) is 18.3. The van der Waals surface area contributed by atoms with Gasteiger partial charge in [-0.3, -0.25) is 15.2 Å². The lowest BCUT2D eigenvalue weighted by molar-refractivity contribution is -0.144. The Morgan fingerprint density at radius 2 is 1.96 bits per heavy atom. The Kier molecular flexibility index (Phi) is 3.72. The van der Waals surface area contributed by atoms with Crippen LogP contribution >= 0.6 is 11.3 Å². The van der Waals surface area contributed by atoms with Gasteiger partial charge in [-0.25, -0.2) is 4.98 Å². The van der Waals surface area contributed by atoms with Crippen molar-refractivity contribution in [3.8, 4) is 10.8 Å². The lowest BCUT2D eigenvalue weighted by atomic mass is 10.3. The van der Waals surface area contributed by atoms with Gasteiger partial charge in [-0.1, -0.05) is 12.1 Å². The molecular formula is C15H8F3N5O2S. The van der Waals surface area contributed by atoms with Crippen LogP contribution in [0.4, 0.5) is 19.1 Å². The summed E-state index contributed by atoms with van der Waals surface area (Å²) in [6, 6.07) is 10.5. The van der Waals surface area contributed by atoms with E-state index in [0.29, 0.717) is 10.8 Å². The summed E-state index contributed by atoms with van der Waals surface area (Å²) in [6.45, 7) is 0. The molecule has 0 aliphatic carbocycles. The minimum atomic E-state index is -4.68. The number of hydrogen-bond donors (Lipinski definition) is 2. The number of nitrogens with zero attached hydrogens (tertiary/aromatic N) is 3. The molecule has 0 fully saturated rings. The molecule has 0 aliphatic heterocycles. The standard InChI is InChI=1S/C15H8F3N5O2S/c16-15(17,18)13-21-14(23-22-13)20-11(24)8-5-6-9(25-8)12-19-7-3-1-2-4-10(7)26-12/h1-6H,(H2,20,21,22,23,24). The van der Waals surface area contributed by atoms with E-state index in [9.17, 15) is 18.0 Å². The smallest absolute Gasteiger partial charge is 0.448 e. The number of benzene rings is 1. The maximum atomic E-state index is 12.5. The molecule has 132 valence electrons. The monoisotopic (exact) mass is 379 g/mol. The summed E-state index contributed by atoms with van der Waals surface area (Å²) in [7, 11) is 0. The highest BCUT2D eigenvalue weighted by atomic mass is 32.1. The van der Waals surface area contributed by atoms with Crippen LogP contribution in [-0.2, 0) is 6.18 Å². The molecule has 4 aromatic rings. The lowest BCUT2D eigenvalue weighted by Gasteiger charge is -1.99. The fraction of sp³-hybridized carbons (Fsp3) is 0.0667. The highest BCUT2D eigenvalue weighted by molar-refractivity contribution is 7.21. The van der Waals surface area contributed by atoms with E-state index in [-0.39, 0.29) is 5.76 Å². The number of nitrogens with one attached hydrogen (secondary N) is 2. The number of hydrogen-bond acceptors (Lipinski definition) is 6. The first-order chi connectivity index (χ1) is 12.4. The number of thiazole rings is 1. The minimum absolute atomic E-state index is 0.0994. The number of alkyl halides is 3. The van der Waals surface area contributed by atoms with Crippen molar-refractivity contribution in [2.24, 2.45) is 0 Å². The van der Waals surface area contributed by atoms with Gasteiger partial charge in [0, 0.05) is 0 Å². The zero-order valence-electron chi connectivity index (χ0n) is 12.7. The van der Waals surface area contributed by atoms with Crippen LogP contribution in [0.1, 0.15) is 16.4 Å². The van der Waals surface area contributed by atoms with Crippen molar-refractivity contribution in [2.75, 3.05) is 5.32 Å². The Hall–Kier alpha value is -3.21. The van der Waals surface area contributed by atoms with Crippen LogP contribution in [-0.4, -0.2) is 26.1 Å². The summed E-state index contributed by atoms with van der Waals surface area (Å²) >= 11 is 1.39. The minimum Gasteiger partial charge on any atom is -0.448 e. The molecule has 0 atom stereocenters. The fourth-order valence-electron chi connectivity index (χ4n) is 2.16. The molecule has 0 unspecified atom stereocenters. The van der Waals surface area contributed by atoms with Gasteiger partial charge < -0.3 is 4.42 Å². The summed E-state index contributed by atoms with van der Waals surface area (Å²) in [5.74, 6) is -2.30. The molecule has 0 radical (unpaired) electrons. The number of halogens is 3. The normalized spacial score (nSPS) is 11.8. The summed E-state index contributed by atoms with van der Waals surface area (Å²) in [5, 5.41) is 7.74. The molecule has 0 bridgehead atoms. The van der Waals surface area contributed by atoms with Crippen molar-refractivity contribution in [3.05, 3.63) is 48.0 Å². The van der Waals surface area contributed by atoms with Crippen LogP contribution in [0.15, 0.2) is 40.8 Å². The Bertz CT molecular complexity index is 1070.